The minimum absolute atomic E-state index is 0.0170. The number of hydrogen-bond acceptors (Lipinski definition) is 3. The molecule has 0 unspecified atom stereocenters. The number of pyridine rings is 1. The van der Waals surface area contributed by atoms with Crippen LogP contribution in [0.25, 0.3) is 10.9 Å². The van der Waals surface area contributed by atoms with E-state index in [0.717, 1.165) is 21.1 Å². The molecule has 0 spiro atoms. The van der Waals surface area contributed by atoms with Crippen molar-refractivity contribution >= 4 is 32.6 Å². The van der Waals surface area contributed by atoms with E-state index in [9.17, 15) is 4.79 Å². The van der Waals surface area contributed by atoms with Gasteiger partial charge in [0, 0.05) is 28.8 Å². The average Bonchev–Trinajstić information content (AvgIpc) is 2.79. The fourth-order valence-electron chi connectivity index (χ4n) is 2.18. The maximum absolute atomic E-state index is 12.4. The van der Waals surface area contributed by atoms with Crippen molar-refractivity contribution in [3.63, 3.8) is 0 Å². The molecule has 0 saturated carbocycles. The Morgan fingerprint density at radius 1 is 1.25 bits per heavy atom. The monoisotopic (exact) mass is 329 g/mol. The van der Waals surface area contributed by atoms with Gasteiger partial charge in [-0.2, -0.15) is 5.10 Å². The summed E-state index contributed by atoms with van der Waals surface area (Å²) in [6.07, 6.45) is 1.95. The minimum atomic E-state index is -0.0170. The Labute approximate surface area is 124 Å². The molecule has 0 atom stereocenters. The second-order valence-electron chi connectivity index (χ2n) is 4.56. The Bertz CT molecular complexity index is 777. The van der Waals surface area contributed by atoms with E-state index in [1.54, 1.807) is 10.9 Å². The van der Waals surface area contributed by atoms with Gasteiger partial charge in [-0.15, -0.1) is 0 Å². The van der Waals surface area contributed by atoms with E-state index in [1.807, 2.05) is 43.4 Å². The van der Waals surface area contributed by atoms with E-state index in [4.69, 9.17) is 0 Å². The second-order valence-corrected chi connectivity index (χ2v) is 5.47. The molecule has 20 heavy (non-hydrogen) atoms. The van der Waals surface area contributed by atoms with Crippen LogP contribution in [0.5, 0.6) is 0 Å². The summed E-state index contributed by atoms with van der Waals surface area (Å²) in [6, 6.07) is 11.5. The summed E-state index contributed by atoms with van der Waals surface area (Å²) in [5, 5.41) is 5.22. The van der Waals surface area contributed by atoms with Crippen LogP contribution in [0.15, 0.2) is 47.1 Å². The number of fused-ring (bicyclic) bond motifs is 1. The number of aryl methyl sites for hydroxylation is 1. The lowest BCUT2D eigenvalue weighted by Crippen LogP contribution is -2.06. The van der Waals surface area contributed by atoms with Crippen LogP contribution in [-0.4, -0.2) is 20.5 Å². The highest BCUT2D eigenvalue weighted by molar-refractivity contribution is 9.10. The van der Waals surface area contributed by atoms with Crippen molar-refractivity contribution in [3.8, 4) is 0 Å². The molecular weight excluding hydrogens is 318 g/mol. The predicted octanol–water partition coefficient (Wildman–Crippen LogP) is 3.16. The number of halogens is 1. The molecule has 2 aromatic heterocycles. The molecule has 0 N–H and O–H groups in total. The second kappa shape index (κ2) is 5.17. The van der Waals surface area contributed by atoms with E-state index in [1.165, 1.54) is 0 Å². The van der Waals surface area contributed by atoms with Crippen LogP contribution in [0.1, 0.15) is 16.2 Å². The summed E-state index contributed by atoms with van der Waals surface area (Å²) in [7, 11) is 1.84. The van der Waals surface area contributed by atoms with Crippen LogP contribution >= 0.6 is 15.9 Å². The van der Waals surface area contributed by atoms with Gasteiger partial charge >= 0.3 is 0 Å². The molecule has 100 valence electrons. The molecule has 2 heterocycles. The number of carbonyl (C=O) groups excluding carboxylic acids is 1. The SMILES string of the molecule is Cn1nc(C(=O)Cc2ccc(Br)cn2)c2ccccc21. The molecule has 3 rings (SSSR count). The van der Waals surface area contributed by atoms with Crippen LogP contribution in [-0.2, 0) is 13.5 Å². The lowest BCUT2D eigenvalue weighted by atomic mass is 10.1. The highest BCUT2D eigenvalue weighted by atomic mass is 79.9. The fourth-order valence-corrected chi connectivity index (χ4v) is 2.41. The van der Waals surface area contributed by atoms with Crippen LogP contribution in [0, 0.1) is 0 Å². The first-order valence-corrected chi connectivity index (χ1v) is 7.00. The lowest BCUT2D eigenvalue weighted by molar-refractivity contribution is 0.0988. The van der Waals surface area contributed by atoms with Crippen molar-refractivity contribution in [3.05, 3.63) is 58.5 Å². The van der Waals surface area contributed by atoms with E-state index in [0.29, 0.717) is 5.69 Å². The summed E-state index contributed by atoms with van der Waals surface area (Å²) in [5.41, 5.74) is 2.21. The zero-order valence-corrected chi connectivity index (χ0v) is 12.5. The summed E-state index contributed by atoms with van der Waals surface area (Å²) in [5.74, 6) is -0.0170. The molecule has 4 nitrogen and oxygen atoms in total. The van der Waals surface area contributed by atoms with Gasteiger partial charge in [0.2, 0.25) is 0 Å². The van der Waals surface area contributed by atoms with Gasteiger partial charge in [-0.05, 0) is 34.1 Å². The van der Waals surface area contributed by atoms with Crippen molar-refractivity contribution < 1.29 is 4.79 Å². The van der Waals surface area contributed by atoms with Crippen molar-refractivity contribution in [1.82, 2.24) is 14.8 Å². The quantitative estimate of drug-likeness (QED) is 0.693. The van der Waals surface area contributed by atoms with E-state index < -0.39 is 0 Å². The highest BCUT2D eigenvalue weighted by Crippen LogP contribution is 2.19. The first-order valence-electron chi connectivity index (χ1n) is 6.20. The van der Waals surface area contributed by atoms with Crippen molar-refractivity contribution in [2.75, 3.05) is 0 Å². The Hall–Kier alpha value is -2.01. The minimum Gasteiger partial charge on any atom is -0.292 e. The number of hydrogen-bond donors (Lipinski definition) is 0. The maximum atomic E-state index is 12.4. The van der Waals surface area contributed by atoms with Crippen LogP contribution < -0.4 is 0 Å². The lowest BCUT2D eigenvalue weighted by Gasteiger charge is -1.99. The summed E-state index contributed by atoms with van der Waals surface area (Å²) >= 11 is 3.33. The molecule has 0 aliphatic rings. The van der Waals surface area contributed by atoms with Crippen molar-refractivity contribution in [2.24, 2.45) is 7.05 Å². The zero-order valence-electron chi connectivity index (χ0n) is 10.9. The number of carbonyl (C=O) groups is 1. The van der Waals surface area contributed by atoms with Gasteiger partial charge in [-0.3, -0.25) is 14.5 Å². The Morgan fingerprint density at radius 3 is 2.80 bits per heavy atom. The molecule has 0 radical (unpaired) electrons. The molecule has 1 aromatic carbocycles. The van der Waals surface area contributed by atoms with Crippen LogP contribution in [0.2, 0.25) is 0 Å². The number of aromatic nitrogens is 3. The van der Waals surface area contributed by atoms with Gasteiger partial charge in [0.1, 0.15) is 5.69 Å². The van der Waals surface area contributed by atoms with Crippen molar-refractivity contribution in [2.45, 2.75) is 6.42 Å². The van der Waals surface area contributed by atoms with E-state index in [2.05, 4.69) is 26.0 Å². The molecule has 0 bridgehead atoms. The topological polar surface area (TPSA) is 47.8 Å². The zero-order chi connectivity index (χ0) is 14.1. The number of ketones is 1. The molecule has 0 saturated heterocycles. The van der Waals surface area contributed by atoms with Gasteiger partial charge in [0.15, 0.2) is 5.78 Å². The number of rotatable bonds is 3. The normalized spacial score (nSPS) is 10.9. The number of nitrogens with zero attached hydrogens (tertiary/aromatic N) is 3. The third-order valence-corrected chi connectivity index (χ3v) is 3.62. The molecule has 0 amide bonds. The average molecular weight is 330 g/mol. The first kappa shape index (κ1) is 13.0. The maximum Gasteiger partial charge on any atom is 0.189 e. The van der Waals surface area contributed by atoms with Crippen LogP contribution in [0.4, 0.5) is 0 Å². The van der Waals surface area contributed by atoms with Gasteiger partial charge in [-0.1, -0.05) is 18.2 Å². The summed E-state index contributed by atoms with van der Waals surface area (Å²) in [4.78, 5) is 16.6. The van der Waals surface area contributed by atoms with E-state index >= 15 is 0 Å². The van der Waals surface area contributed by atoms with Gasteiger partial charge in [-0.25, -0.2) is 0 Å². The predicted molar refractivity (Wildman–Crippen MR) is 80.7 cm³/mol. The van der Waals surface area contributed by atoms with Crippen molar-refractivity contribution in [1.29, 1.82) is 0 Å². The first-order chi connectivity index (χ1) is 9.65. The summed E-state index contributed by atoms with van der Waals surface area (Å²) < 4.78 is 2.63. The van der Waals surface area contributed by atoms with Gasteiger partial charge in [0.05, 0.1) is 11.9 Å². The molecule has 5 heteroatoms. The van der Waals surface area contributed by atoms with Gasteiger partial charge in [0.25, 0.3) is 0 Å². The molecule has 3 aromatic rings. The smallest absolute Gasteiger partial charge is 0.189 e. The Morgan fingerprint density at radius 2 is 2.05 bits per heavy atom. The third kappa shape index (κ3) is 2.36. The Kier molecular flexibility index (Phi) is 3.36. The molecule has 0 aliphatic heterocycles. The summed E-state index contributed by atoms with van der Waals surface area (Å²) in [6.45, 7) is 0. The fraction of sp³-hybridized carbons (Fsp3) is 0.133. The number of Topliss-reactive ketones (excluding diaryl/α,β-unsaturated/α-hetero) is 1. The molecule has 0 aliphatic carbocycles. The molecular formula is C15H12BrN3O. The Balaban J connectivity index is 1.95. The largest absolute Gasteiger partial charge is 0.292 e. The standard InChI is InChI=1S/C15H12BrN3O/c1-19-13-5-3-2-4-12(13)15(18-19)14(20)8-11-7-6-10(16)9-17-11/h2-7,9H,8H2,1H3. The number of benzene rings is 1. The molecule has 0 fully saturated rings. The van der Waals surface area contributed by atoms with Crippen LogP contribution in [0.3, 0.4) is 0 Å². The van der Waals surface area contributed by atoms with Gasteiger partial charge < -0.3 is 0 Å². The van der Waals surface area contributed by atoms with E-state index in [-0.39, 0.29) is 12.2 Å². The highest BCUT2D eigenvalue weighted by Gasteiger charge is 2.16. The third-order valence-electron chi connectivity index (χ3n) is 3.15. The number of para-hydroxylation sites is 1.